The number of benzene rings is 2. The highest BCUT2D eigenvalue weighted by atomic mass is 16.5. The van der Waals surface area contributed by atoms with E-state index >= 15 is 0 Å². The Balaban J connectivity index is 1.72. The molecule has 2 heterocycles. The van der Waals surface area contributed by atoms with E-state index in [0.717, 1.165) is 52.2 Å². The lowest BCUT2D eigenvalue weighted by Crippen LogP contribution is -1.99. The van der Waals surface area contributed by atoms with Gasteiger partial charge in [0.2, 0.25) is 0 Å². The molecule has 0 unspecified atom stereocenters. The molecule has 0 spiro atoms. The molecule has 0 aliphatic carbocycles. The Morgan fingerprint density at radius 1 is 0.929 bits per heavy atom. The molecule has 4 aromatic rings. The largest absolute Gasteiger partial charge is 0.494 e. The number of nitrogens with one attached hydrogen (secondary N) is 1. The van der Waals surface area contributed by atoms with E-state index in [0.29, 0.717) is 5.82 Å². The van der Waals surface area contributed by atoms with Crippen molar-refractivity contribution in [1.82, 2.24) is 15.0 Å². The van der Waals surface area contributed by atoms with Gasteiger partial charge in [-0.3, -0.25) is 4.98 Å². The van der Waals surface area contributed by atoms with E-state index in [4.69, 9.17) is 14.7 Å². The van der Waals surface area contributed by atoms with E-state index in [9.17, 15) is 0 Å². The van der Waals surface area contributed by atoms with Crippen LogP contribution >= 0.6 is 0 Å². The van der Waals surface area contributed by atoms with E-state index in [-0.39, 0.29) is 0 Å². The van der Waals surface area contributed by atoms with Gasteiger partial charge >= 0.3 is 0 Å². The summed E-state index contributed by atoms with van der Waals surface area (Å²) in [4.78, 5) is 13.6. The molecule has 0 atom stereocenters. The fourth-order valence-corrected chi connectivity index (χ4v) is 3.09. The maximum Gasteiger partial charge on any atom is 0.163 e. The first-order valence-electron chi connectivity index (χ1n) is 9.41. The summed E-state index contributed by atoms with van der Waals surface area (Å²) in [5, 5.41) is 4.18. The Morgan fingerprint density at radius 3 is 2.46 bits per heavy atom. The van der Waals surface area contributed by atoms with Gasteiger partial charge in [0, 0.05) is 30.4 Å². The van der Waals surface area contributed by atoms with Crippen molar-refractivity contribution in [3.63, 3.8) is 0 Å². The molecule has 0 aliphatic rings. The minimum atomic E-state index is 0.662. The topological polar surface area (TPSA) is 59.9 Å². The fourth-order valence-electron chi connectivity index (χ4n) is 3.09. The van der Waals surface area contributed by atoms with Gasteiger partial charge in [0.25, 0.3) is 0 Å². The summed E-state index contributed by atoms with van der Waals surface area (Å²) < 4.78 is 5.67. The summed E-state index contributed by atoms with van der Waals surface area (Å²) in [7, 11) is 1.88. The van der Waals surface area contributed by atoms with Crippen LogP contribution in [0.4, 0.5) is 5.82 Å². The number of hydrogen-bond donors (Lipinski definition) is 1. The Morgan fingerprint density at radius 2 is 1.75 bits per heavy atom. The van der Waals surface area contributed by atoms with E-state index in [1.54, 1.807) is 12.4 Å². The molecule has 140 valence electrons. The van der Waals surface area contributed by atoms with Gasteiger partial charge in [-0.25, -0.2) is 9.97 Å². The van der Waals surface area contributed by atoms with E-state index in [1.807, 2.05) is 37.4 Å². The molecule has 2 aromatic carbocycles. The summed E-state index contributed by atoms with van der Waals surface area (Å²) in [6.07, 6.45) is 4.52. The molecular weight excluding hydrogens is 348 g/mol. The number of nitrogens with zero attached hydrogens (tertiary/aromatic N) is 3. The van der Waals surface area contributed by atoms with Crippen LogP contribution in [0.25, 0.3) is 33.4 Å². The standard InChI is InChI=1S/C23H22N4O/c1-3-13-28-19-9-6-16(7-10-19)17-8-11-21-20(14-17)23(24-2)27-22(26-21)18-5-4-12-25-15-18/h4-12,14-15H,3,13H2,1-2H3,(H,24,26,27). The van der Waals surface area contributed by atoms with Gasteiger partial charge in [0.1, 0.15) is 11.6 Å². The van der Waals surface area contributed by atoms with Gasteiger partial charge in [0.05, 0.1) is 12.1 Å². The molecule has 28 heavy (non-hydrogen) atoms. The maximum atomic E-state index is 5.67. The molecule has 4 rings (SSSR count). The average Bonchev–Trinajstić information content (AvgIpc) is 2.77. The van der Waals surface area contributed by atoms with E-state index in [1.165, 1.54) is 0 Å². The molecule has 0 amide bonds. The van der Waals surface area contributed by atoms with Gasteiger partial charge in [-0.2, -0.15) is 0 Å². The predicted octanol–water partition coefficient (Wildman–Crippen LogP) is 5.19. The first-order chi connectivity index (χ1) is 13.8. The molecule has 0 fully saturated rings. The number of fused-ring (bicyclic) bond motifs is 1. The zero-order valence-corrected chi connectivity index (χ0v) is 16.0. The van der Waals surface area contributed by atoms with Crippen LogP contribution in [0.15, 0.2) is 67.0 Å². The number of aromatic nitrogens is 3. The zero-order valence-electron chi connectivity index (χ0n) is 16.0. The predicted molar refractivity (Wildman–Crippen MR) is 114 cm³/mol. The van der Waals surface area contributed by atoms with Crippen LogP contribution in [0.3, 0.4) is 0 Å². The van der Waals surface area contributed by atoms with E-state index in [2.05, 4.69) is 41.5 Å². The smallest absolute Gasteiger partial charge is 0.163 e. The first kappa shape index (κ1) is 17.9. The van der Waals surface area contributed by atoms with E-state index < -0.39 is 0 Å². The van der Waals surface area contributed by atoms with Crippen molar-refractivity contribution in [1.29, 1.82) is 0 Å². The summed E-state index contributed by atoms with van der Waals surface area (Å²) in [5.41, 5.74) is 4.03. The molecule has 5 nitrogen and oxygen atoms in total. The lowest BCUT2D eigenvalue weighted by atomic mass is 10.0. The minimum Gasteiger partial charge on any atom is -0.494 e. The average molecular weight is 370 g/mol. The van der Waals surface area contributed by atoms with Crippen LogP contribution < -0.4 is 10.1 Å². The van der Waals surface area contributed by atoms with Gasteiger partial charge in [-0.15, -0.1) is 0 Å². The minimum absolute atomic E-state index is 0.662. The summed E-state index contributed by atoms with van der Waals surface area (Å²) >= 11 is 0. The van der Waals surface area contributed by atoms with Crippen molar-refractivity contribution < 1.29 is 4.74 Å². The lowest BCUT2D eigenvalue weighted by molar-refractivity contribution is 0.317. The third kappa shape index (κ3) is 3.64. The van der Waals surface area contributed by atoms with Crippen molar-refractivity contribution in [2.75, 3.05) is 19.0 Å². The zero-order chi connectivity index (χ0) is 19.3. The molecule has 0 saturated heterocycles. The molecule has 2 aromatic heterocycles. The summed E-state index contributed by atoms with van der Waals surface area (Å²) in [6.45, 7) is 2.84. The summed E-state index contributed by atoms with van der Waals surface area (Å²) in [5.74, 6) is 2.36. The van der Waals surface area contributed by atoms with Crippen molar-refractivity contribution >= 4 is 16.7 Å². The van der Waals surface area contributed by atoms with Crippen LogP contribution in [0.5, 0.6) is 5.75 Å². The lowest BCUT2D eigenvalue weighted by Gasteiger charge is -2.11. The number of hydrogen-bond acceptors (Lipinski definition) is 5. The highest BCUT2D eigenvalue weighted by Gasteiger charge is 2.10. The maximum absolute atomic E-state index is 5.67. The molecule has 0 radical (unpaired) electrons. The van der Waals surface area contributed by atoms with Gasteiger partial charge in [-0.1, -0.05) is 25.1 Å². The van der Waals surface area contributed by atoms with Crippen LogP contribution in [0, 0.1) is 0 Å². The number of anilines is 1. The fraction of sp³-hybridized carbons (Fsp3) is 0.174. The monoisotopic (exact) mass is 370 g/mol. The first-order valence-corrected chi connectivity index (χ1v) is 9.41. The quantitative estimate of drug-likeness (QED) is 0.506. The normalized spacial score (nSPS) is 10.8. The third-order valence-corrected chi connectivity index (χ3v) is 4.51. The number of ether oxygens (including phenoxy) is 1. The highest BCUT2D eigenvalue weighted by Crippen LogP contribution is 2.30. The second kappa shape index (κ2) is 8.05. The highest BCUT2D eigenvalue weighted by molar-refractivity contribution is 5.93. The summed E-state index contributed by atoms with van der Waals surface area (Å²) in [6, 6.07) is 18.3. The van der Waals surface area contributed by atoms with Crippen LogP contribution in [-0.2, 0) is 0 Å². The van der Waals surface area contributed by atoms with Gasteiger partial charge in [0.15, 0.2) is 5.82 Å². The second-order valence-corrected chi connectivity index (χ2v) is 6.49. The number of rotatable bonds is 6. The Labute approximate surface area is 164 Å². The third-order valence-electron chi connectivity index (χ3n) is 4.51. The second-order valence-electron chi connectivity index (χ2n) is 6.49. The number of pyridine rings is 1. The Bertz CT molecular complexity index is 1080. The van der Waals surface area contributed by atoms with Crippen molar-refractivity contribution in [2.24, 2.45) is 0 Å². The molecule has 0 saturated carbocycles. The molecular formula is C23H22N4O. The Hall–Kier alpha value is -3.47. The molecule has 5 heteroatoms. The SMILES string of the molecule is CCCOc1ccc(-c2ccc3nc(-c4cccnc4)nc(NC)c3c2)cc1. The molecule has 1 N–H and O–H groups in total. The van der Waals surface area contributed by atoms with Gasteiger partial charge in [-0.05, 0) is 53.9 Å². The molecule has 0 aliphatic heterocycles. The van der Waals surface area contributed by atoms with Gasteiger partial charge < -0.3 is 10.1 Å². The molecule has 0 bridgehead atoms. The van der Waals surface area contributed by atoms with Crippen LogP contribution in [0.2, 0.25) is 0 Å². The van der Waals surface area contributed by atoms with Crippen molar-refractivity contribution in [2.45, 2.75) is 13.3 Å². The van der Waals surface area contributed by atoms with Crippen molar-refractivity contribution in [3.8, 4) is 28.3 Å². The van der Waals surface area contributed by atoms with Crippen molar-refractivity contribution in [3.05, 3.63) is 67.0 Å². The van der Waals surface area contributed by atoms with Crippen LogP contribution in [-0.4, -0.2) is 28.6 Å². The Kier molecular flexibility index (Phi) is 5.15. The van der Waals surface area contributed by atoms with Crippen LogP contribution in [0.1, 0.15) is 13.3 Å².